The summed E-state index contributed by atoms with van der Waals surface area (Å²) in [6, 6.07) is 9.24. The van der Waals surface area contributed by atoms with Gasteiger partial charge in [-0.25, -0.2) is 13.9 Å². The van der Waals surface area contributed by atoms with Crippen LogP contribution in [-0.4, -0.2) is 47.1 Å². The fourth-order valence-electron chi connectivity index (χ4n) is 3.55. The zero-order chi connectivity index (χ0) is 22.8. The van der Waals surface area contributed by atoms with Crippen LogP contribution >= 0.6 is 23.2 Å². The second kappa shape index (κ2) is 9.32. The van der Waals surface area contributed by atoms with Crippen molar-refractivity contribution >= 4 is 39.1 Å². The number of hydrogen-bond donors (Lipinski definition) is 3. The van der Waals surface area contributed by atoms with Crippen LogP contribution in [0.4, 0.5) is 0 Å². The summed E-state index contributed by atoms with van der Waals surface area (Å²) in [7, 11) is -4.12. The Morgan fingerprint density at radius 1 is 1.26 bits per heavy atom. The number of nitrogens with zero attached hydrogens (tertiary/aromatic N) is 1. The summed E-state index contributed by atoms with van der Waals surface area (Å²) in [4.78, 5) is 12.1. The van der Waals surface area contributed by atoms with Crippen LogP contribution in [0.15, 0.2) is 47.4 Å². The van der Waals surface area contributed by atoms with Crippen LogP contribution in [0.25, 0.3) is 0 Å². The van der Waals surface area contributed by atoms with E-state index < -0.39 is 27.6 Å². The summed E-state index contributed by atoms with van der Waals surface area (Å²) >= 11 is 12.0. The Bertz CT molecular complexity index is 1060. The lowest BCUT2D eigenvalue weighted by atomic mass is 9.87. The third kappa shape index (κ3) is 5.14. The highest BCUT2D eigenvalue weighted by Gasteiger charge is 2.49. The van der Waals surface area contributed by atoms with Crippen molar-refractivity contribution in [1.82, 2.24) is 9.79 Å². The van der Waals surface area contributed by atoms with Crippen molar-refractivity contribution in [3.8, 4) is 5.75 Å². The zero-order valence-corrected chi connectivity index (χ0v) is 18.9. The van der Waals surface area contributed by atoms with Gasteiger partial charge in [-0.15, -0.1) is 0 Å². The van der Waals surface area contributed by atoms with Gasteiger partial charge in [0.15, 0.2) is 0 Å². The van der Waals surface area contributed by atoms with Gasteiger partial charge in [0, 0.05) is 22.2 Å². The van der Waals surface area contributed by atoms with Gasteiger partial charge >= 0.3 is 0 Å². The fourth-order valence-corrected chi connectivity index (χ4v) is 5.73. The Morgan fingerprint density at radius 3 is 2.55 bits per heavy atom. The lowest BCUT2D eigenvalue weighted by Crippen LogP contribution is -2.62. The van der Waals surface area contributed by atoms with Gasteiger partial charge in [0.25, 0.3) is 5.91 Å². The summed E-state index contributed by atoms with van der Waals surface area (Å²) in [5.41, 5.74) is 0.542. The maximum Gasteiger partial charge on any atom is 0.264 e. The molecule has 2 aromatic rings. The Kier molecular flexibility index (Phi) is 7.14. The van der Waals surface area contributed by atoms with E-state index in [-0.39, 0.29) is 24.5 Å². The van der Waals surface area contributed by atoms with Crippen molar-refractivity contribution in [2.24, 2.45) is 0 Å². The van der Waals surface area contributed by atoms with Gasteiger partial charge in [-0.05, 0) is 56.2 Å². The molecule has 1 amide bonds. The van der Waals surface area contributed by atoms with Crippen LogP contribution in [-0.2, 0) is 21.4 Å². The number of hydroxylamine groups is 1. The van der Waals surface area contributed by atoms with Gasteiger partial charge in [0.2, 0.25) is 10.0 Å². The maximum absolute atomic E-state index is 13.2. The molecule has 0 aromatic heterocycles. The van der Waals surface area contributed by atoms with E-state index in [4.69, 9.17) is 33.1 Å². The average Bonchev–Trinajstić information content (AvgIpc) is 2.72. The van der Waals surface area contributed by atoms with Gasteiger partial charge < -0.3 is 9.84 Å². The number of amides is 1. The van der Waals surface area contributed by atoms with E-state index in [0.717, 1.165) is 9.87 Å². The van der Waals surface area contributed by atoms with Crippen LogP contribution in [0.2, 0.25) is 10.0 Å². The highest BCUT2D eigenvalue weighted by molar-refractivity contribution is 7.89. The predicted molar refractivity (Wildman–Crippen MR) is 115 cm³/mol. The van der Waals surface area contributed by atoms with Crippen molar-refractivity contribution in [1.29, 1.82) is 0 Å². The first kappa shape index (κ1) is 23.8. The minimum atomic E-state index is -4.12. The fraction of sp³-hybridized carbons (Fsp3) is 0.350. The quantitative estimate of drug-likeness (QED) is 0.425. The lowest BCUT2D eigenvalue weighted by Gasteiger charge is -2.42. The minimum absolute atomic E-state index is 0.0316. The number of ether oxygens (including phenoxy) is 1. The Morgan fingerprint density at radius 2 is 1.94 bits per heavy atom. The second-order valence-electron chi connectivity index (χ2n) is 7.45. The number of carbonyl (C=O) groups is 1. The summed E-state index contributed by atoms with van der Waals surface area (Å²) in [6.45, 7) is 1.56. The molecule has 3 rings (SSSR count). The summed E-state index contributed by atoms with van der Waals surface area (Å²) in [5, 5.41) is 20.6. The molecule has 0 radical (unpaired) electrons. The molecule has 0 spiro atoms. The van der Waals surface area contributed by atoms with E-state index >= 15 is 0 Å². The average molecular weight is 489 g/mol. The van der Waals surface area contributed by atoms with Gasteiger partial charge in [-0.3, -0.25) is 10.0 Å². The van der Waals surface area contributed by atoms with Crippen LogP contribution < -0.4 is 10.2 Å². The Balaban J connectivity index is 1.79. The molecule has 1 saturated heterocycles. The van der Waals surface area contributed by atoms with Crippen molar-refractivity contribution in [3.05, 3.63) is 58.1 Å². The Hall–Kier alpha value is -1.88. The number of benzene rings is 2. The minimum Gasteiger partial charge on any atom is -0.489 e. The van der Waals surface area contributed by atoms with Crippen molar-refractivity contribution in [3.63, 3.8) is 0 Å². The first-order valence-corrected chi connectivity index (χ1v) is 11.6. The standard InChI is InChI=1S/C20H22Cl2N2O6S/c1-20(26)9-2-10-24(18(20)19(25)23-27)31(28,29)16-7-5-15(6-8-16)30-12-13-3-4-14(21)11-17(13)22/h3-8,11,18,26-27H,2,9-10,12H2,1H3,(H,23,25)/t18?,20-/m1/s1. The van der Waals surface area contributed by atoms with E-state index in [1.807, 2.05) is 0 Å². The molecule has 1 aliphatic rings. The first-order chi connectivity index (χ1) is 14.6. The number of halogens is 2. The number of carbonyl (C=O) groups excluding carboxylic acids is 1. The molecule has 3 N–H and O–H groups in total. The molecular formula is C20H22Cl2N2O6S. The van der Waals surface area contributed by atoms with Crippen LogP contribution in [0.5, 0.6) is 5.75 Å². The highest BCUT2D eigenvalue weighted by Crippen LogP contribution is 2.33. The number of piperidine rings is 1. The van der Waals surface area contributed by atoms with E-state index in [1.165, 1.54) is 36.7 Å². The molecule has 2 aromatic carbocycles. The maximum atomic E-state index is 13.2. The van der Waals surface area contributed by atoms with Gasteiger partial charge in [0.05, 0.1) is 10.5 Å². The summed E-state index contributed by atoms with van der Waals surface area (Å²) < 4.78 is 32.9. The molecule has 0 aliphatic carbocycles. The van der Waals surface area contributed by atoms with Crippen molar-refractivity contribution in [2.45, 2.75) is 42.9 Å². The largest absolute Gasteiger partial charge is 0.489 e. The third-order valence-corrected chi connectivity index (χ3v) is 7.60. The molecule has 11 heteroatoms. The molecule has 31 heavy (non-hydrogen) atoms. The SMILES string of the molecule is C[C@@]1(O)CCCN(S(=O)(=O)c2ccc(OCc3ccc(Cl)cc3Cl)cc2)C1C(=O)NO. The Labute approximate surface area is 190 Å². The van der Waals surface area contributed by atoms with Crippen LogP contribution in [0.3, 0.4) is 0 Å². The third-order valence-electron chi connectivity index (χ3n) is 5.14. The summed E-state index contributed by atoms with van der Waals surface area (Å²) in [5.74, 6) is -0.576. The summed E-state index contributed by atoms with van der Waals surface area (Å²) in [6.07, 6.45) is 0.585. The number of aliphatic hydroxyl groups is 1. The lowest BCUT2D eigenvalue weighted by molar-refractivity contribution is -0.144. The van der Waals surface area contributed by atoms with E-state index in [0.29, 0.717) is 22.2 Å². The molecule has 168 valence electrons. The molecule has 1 unspecified atom stereocenters. The van der Waals surface area contributed by atoms with Gasteiger partial charge in [-0.1, -0.05) is 29.3 Å². The molecule has 0 bridgehead atoms. The number of rotatable bonds is 6. The van der Waals surface area contributed by atoms with Gasteiger partial charge in [-0.2, -0.15) is 4.31 Å². The molecule has 2 atom stereocenters. The monoisotopic (exact) mass is 488 g/mol. The normalized spacial score (nSPS) is 22.2. The van der Waals surface area contributed by atoms with Crippen LogP contribution in [0, 0.1) is 0 Å². The van der Waals surface area contributed by atoms with Crippen LogP contribution in [0.1, 0.15) is 25.3 Å². The van der Waals surface area contributed by atoms with E-state index in [1.54, 1.807) is 18.2 Å². The van der Waals surface area contributed by atoms with E-state index in [2.05, 4.69) is 0 Å². The number of sulfonamides is 1. The first-order valence-electron chi connectivity index (χ1n) is 9.41. The van der Waals surface area contributed by atoms with Gasteiger partial charge in [0.1, 0.15) is 18.4 Å². The molecule has 8 nitrogen and oxygen atoms in total. The smallest absolute Gasteiger partial charge is 0.264 e. The van der Waals surface area contributed by atoms with Crippen molar-refractivity contribution < 1.29 is 28.3 Å². The predicted octanol–water partition coefficient (Wildman–Crippen LogP) is 2.98. The highest BCUT2D eigenvalue weighted by atomic mass is 35.5. The zero-order valence-electron chi connectivity index (χ0n) is 16.6. The molecule has 1 fully saturated rings. The topological polar surface area (TPSA) is 116 Å². The van der Waals surface area contributed by atoms with Crippen molar-refractivity contribution in [2.75, 3.05) is 6.54 Å². The van der Waals surface area contributed by atoms with E-state index in [9.17, 15) is 18.3 Å². The molecule has 1 aliphatic heterocycles. The molecule has 1 heterocycles. The molecule has 0 saturated carbocycles. The number of hydrogen-bond acceptors (Lipinski definition) is 6. The molecular weight excluding hydrogens is 467 g/mol. The number of nitrogens with one attached hydrogen (secondary N) is 1. The second-order valence-corrected chi connectivity index (χ2v) is 10.2.